The highest BCUT2D eigenvalue weighted by molar-refractivity contribution is 5.87. The summed E-state index contributed by atoms with van der Waals surface area (Å²) in [6, 6.07) is 9.72. The van der Waals surface area contributed by atoms with Gasteiger partial charge in [-0.05, 0) is 54.8 Å². The average Bonchev–Trinajstić information content (AvgIpc) is 3.09. The fourth-order valence-electron chi connectivity index (χ4n) is 3.27. The van der Waals surface area contributed by atoms with Crippen LogP contribution in [0.25, 0.3) is 33.4 Å². The minimum Gasteiger partial charge on any atom is -0.508 e. The summed E-state index contributed by atoms with van der Waals surface area (Å²) in [5.41, 5.74) is 6.65. The molecule has 4 rings (SSSR count). The Hall–Kier alpha value is -3.34. The summed E-state index contributed by atoms with van der Waals surface area (Å²) in [5.74, 6) is 1.00. The van der Waals surface area contributed by atoms with E-state index in [-0.39, 0.29) is 0 Å². The normalized spacial score (nSPS) is 11.0. The van der Waals surface area contributed by atoms with E-state index < -0.39 is 0 Å². The Morgan fingerprint density at radius 1 is 1.00 bits per heavy atom. The molecular weight excluding hydrogens is 326 g/mol. The number of pyridine rings is 2. The van der Waals surface area contributed by atoms with Gasteiger partial charge >= 0.3 is 0 Å². The number of hydrogen-bond donors (Lipinski definition) is 2. The lowest BCUT2D eigenvalue weighted by atomic mass is 9.96. The van der Waals surface area contributed by atoms with E-state index in [0.717, 1.165) is 44.5 Å². The van der Waals surface area contributed by atoms with Crippen LogP contribution in [0.15, 0.2) is 48.9 Å². The first-order valence-corrected chi connectivity index (χ1v) is 8.34. The molecule has 5 heteroatoms. The van der Waals surface area contributed by atoms with Crippen molar-refractivity contribution in [3.8, 4) is 33.9 Å². The Balaban J connectivity index is 1.83. The molecule has 0 saturated carbocycles. The number of phenols is 1. The van der Waals surface area contributed by atoms with Gasteiger partial charge in [0.15, 0.2) is 0 Å². The van der Waals surface area contributed by atoms with Gasteiger partial charge in [0.25, 0.3) is 0 Å². The molecule has 2 N–H and O–H groups in total. The summed E-state index contributed by atoms with van der Waals surface area (Å²) in [6.07, 6.45) is 5.30. The van der Waals surface area contributed by atoms with Crippen molar-refractivity contribution in [2.24, 2.45) is 0 Å². The van der Waals surface area contributed by atoms with Crippen molar-refractivity contribution in [3.63, 3.8) is 0 Å². The highest BCUT2D eigenvalue weighted by Gasteiger charge is 2.12. The maximum atomic E-state index is 10.1. The quantitative estimate of drug-likeness (QED) is 0.568. The zero-order valence-corrected chi connectivity index (χ0v) is 14.9. The number of methoxy groups -OCH3 is 1. The number of nitrogens with one attached hydrogen (secondary N) is 1. The number of hydrogen-bond acceptors (Lipinski definition) is 4. The van der Waals surface area contributed by atoms with Gasteiger partial charge in [0.2, 0.25) is 0 Å². The lowest BCUT2D eigenvalue weighted by Crippen LogP contribution is -1.90. The van der Waals surface area contributed by atoms with Gasteiger partial charge < -0.3 is 14.8 Å². The molecule has 0 aliphatic rings. The number of phenolic OH excluding ortho intramolecular Hbond substituents is 1. The Morgan fingerprint density at radius 3 is 2.65 bits per heavy atom. The zero-order valence-electron chi connectivity index (χ0n) is 14.9. The molecule has 26 heavy (non-hydrogen) atoms. The van der Waals surface area contributed by atoms with Crippen molar-refractivity contribution in [1.82, 2.24) is 15.0 Å². The van der Waals surface area contributed by atoms with Crippen LogP contribution in [0.1, 0.15) is 11.1 Å². The minimum absolute atomic E-state index is 0.294. The molecule has 1 aromatic carbocycles. The molecule has 0 radical (unpaired) electrons. The Kier molecular flexibility index (Phi) is 3.84. The number of H-pyrrole nitrogens is 1. The van der Waals surface area contributed by atoms with Crippen LogP contribution in [0.4, 0.5) is 0 Å². The smallest absolute Gasteiger partial charge is 0.137 e. The van der Waals surface area contributed by atoms with Crippen molar-refractivity contribution in [3.05, 3.63) is 60.0 Å². The van der Waals surface area contributed by atoms with Crippen molar-refractivity contribution in [2.75, 3.05) is 7.11 Å². The molecular formula is C21H19N3O2. The van der Waals surface area contributed by atoms with E-state index in [1.165, 1.54) is 0 Å². The van der Waals surface area contributed by atoms with Crippen molar-refractivity contribution >= 4 is 11.0 Å². The number of benzene rings is 1. The van der Waals surface area contributed by atoms with Crippen molar-refractivity contribution in [2.45, 2.75) is 13.8 Å². The predicted molar refractivity (Wildman–Crippen MR) is 102 cm³/mol. The molecule has 0 spiro atoms. The van der Waals surface area contributed by atoms with E-state index in [2.05, 4.69) is 27.1 Å². The van der Waals surface area contributed by atoms with Gasteiger partial charge in [-0.2, -0.15) is 0 Å². The lowest BCUT2D eigenvalue weighted by molar-refractivity contribution is 0.413. The molecule has 0 aliphatic heterocycles. The van der Waals surface area contributed by atoms with Crippen molar-refractivity contribution in [1.29, 1.82) is 0 Å². The van der Waals surface area contributed by atoms with Gasteiger partial charge in [0.05, 0.1) is 13.3 Å². The maximum Gasteiger partial charge on any atom is 0.137 e. The van der Waals surface area contributed by atoms with Gasteiger partial charge in [0.1, 0.15) is 17.1 Å². The highest BCUT2D eigenvalue weighted by Crippen LogP contribution is 2.34. The third-order valence-corrected chi connectivity index (χ3v) is 4.66. The Labute approximate surface area is 151 Å². The molecule has 0 fully saturated rings. The number of rotatable bonds is 3. The summed E-state index contributed by atoms with van der Waals surface area (Å²) in [6.45, 7) is 3.96. The van der Waals surface area contributed by atoms with Gasteiger partial charge in [-0.3, -0.25) is 4.98 Å². The molecule has 0 amide bonds. The first-order valence-electron chi connectivity index (χ1n) is 8.34. The van der Waals surface area contributed by atoms with Gasteiger partial charge in [-0.15, -0.1) is 0 Å². The molecule has 0 atom stereocenters. The van der Waals surface area contributed by atoms with E-state index in [4.69, 9.17) is 4.74 Å². The summed E-state index contributed by atoms with van der Waals surface area (Å²) < 4.78 is 5.25. The third kappa shape index (κ3) is 2.67. The standard InChI is InChI=1S/C21H19N3O2/c1-12-4-5-19(25)13(2)20(12)16-6-14-8-18(24-21(14)23-10-16)15-7-17(26-3)11-22-9-15/h4-11,25H,1-3H3,(H,23,24). The van der Waals surface area contributed by atoms with Crippen LogP contribution >= 0.6 is 0 Å². The molecule has 0 unspecified atom stereocenters. The monoisotopic (exact) mass is 345 g/mol. The van der Waals surface area contributed by atoms with E-state index >= 15 is 0 Å². The van der Waals surface area contributed by atoms with E-state index in [1.54, 1.807) is 25.6 Å². The van der Waals surface area contributed by atoms with Crippen LogP contribution < -0.4 is 4.74 Å². The van der Waals surface area contributed by atoms with Gasteiger partial charge in [0, 0.05) is 34.6 Å². The highest BCUT2D eigenvalue weighted by atomic mass is 16.5. The summed E-state index contributed by atoms with van der Waals surface area (Å²) in [4.78, 5) is 12.1. The molecule has 5 nitrogen and oxygen atoms in total. The number of aryl methyl sites for hydroxylation is 1. The number of ether oxygens (including phenoxy) is 1. The van der Waals surface area contributed by atoms with Crippen LogP contribution in [-0.2, 0) is 0 Å². The number of aromatic amines is 1. The van der Waals surface area contributed by atoms with Crippen molar-refractivity contribution < 1.29 is 9.84 Å². The number of aromatic nitrogens is 3. The maximum absolute atomic E-state index is 10.1. The van der Waals surface area contributed by atoms with Gasteiger partial charge in [-0.25, -0.2) is 4.98 Å². The topological polar surface area (TPSA) is 71.0 Å². The van der Waals surface area contributed by atoms with Crippen LogP contribution in [0, 0.1) is 13.8 Å². The van der Waals surface area contributed by atoms with E-state index in [1.807, 2.05) is 32.2 Å². The first kappa shape index (κ1) is 16.1. The molecule has 0 saturated heterocycles. The van der Waals surface area contributed by atoms with E-state index in [0.29, 0.717) is 11.5 Å². The molecule has 3 aromatic heterocycles. The van der Waals surface area contributed by atoms with E-state index in [9.17, 15) is 5.11 Å². The minimum atomic E-state index is 0.294. The fraction of sp³-hybridized carbons (Fsp3) is 0.143. The number of nitrogens with zero attached hydrogens (tertiary/aromatic N) is 2. The second-order valence-electron chi connectivity index (χ2n) is 6.36. The molecule has 0 aliphatic carbocycles. The summed E-state index contributed by atoms with van der Waals surface area (Å²) >= 11 is 0. The zero-order chi connectivity index (χ0) is 18.3. The average molecular weight is 345 g/mol. The van der Waals surface area contributed by atoms with Crippen LogP contribution in [0.2, 0.25) is 0 Å². The van der Waals surface area contributed by atoms with Crippen LogP contribution in [0.3, 0.4) is 0 Å². The van der Waals surface area contributed by atoms with Gasteiger partial charge in [-0.1, -0.05) is 6.07 Å². The van der Waals surface area contributed by atoms with Crippen LogP contribution in [-0.4, -0.2) is 27.2 Å². The fourth-order valence-corrected chi connectivity index (χ4v) is 3.27. The van der Waals surface area contributed by atoms with Crippen LogP contribution in [0.5, 0.6) is 11.5 Å². The molecule has 4 aromatic rings. The summed E-state index contributed by atoms with van der Waals surface area (Å²) in [5, 5.41) is 11.1. The lowest BCUT2D eigenvalue weighted by Gasteiger charge is -2.11. The molecule has 0 bridgehead atoms. The third-order valence-electron chi connectivity index (χ3n) is 4.66. The molecule has 3 heterocycles. The Morgan fingerprint density at radius 2 is 1.85 bits per heavy atom. The predicted octanol–water partition coefficient (Wildman–Crippen LogP) is 4.62. The largest absolute Gasteiger partial charge is 0.508 e. The number of fused-ring (bicyclic) bond motifs is 1. The second-order valence-corrected chi connectivity index (χ2v) is 6.36. The molecule has 130 valence electrons. The number of aromatic hydroxyl groups is 1. The first-order chi connectivity index (χ1) is 12.6. The summed E-state index contributed by atoms with van der Waals surface area (Å²) in [7, 11) is 1.62. The Bertz CT molecular complexity index is 1120. The second kappa shape index (κ2) is 6.19. The SMILES string of the molecule is COc1cncc(-c2cc3cc(-c4c(C)ccc(O)c4C)cnc3[nH]2)c1.